The van der Waals surface area contributed by atoms with Crippen LogP contribution in [0.2, 0.25) is 0 Å². The summed E-state index contributed by atoms with van der Waals surface area (Å²) >= 11 is 0. The lowest BCUT2D eigenvalue weighted by atomic mass is 10.0. The number of carbonyl (C=O) groups excluding carboxylic acids is 2. The van der Waals surface area contributed by atoms with E-state index in [1.807, 2.05) is 4.90 Å². The van der Waals surface area contributed by atoms with Crippen LogP contribution in [0, 0.1) is 11.7 Å². The summed E-state index contributed by atoms with van der Waals surface area (Å²) in [6, 6.07) is 6.22. The fraction of sp³-hybridized carbons (Fsp3) is 0.579. The molecule has 0 bridgehead atoms. The van der Waals surface area contributed by atoms with Gasteiger partial charge in [-0.15, -0.1) is 0 Å². The van der Waals surface area contributed by atoms with Gasteiger partial charge in [0.15, 0.2) is 0 Å². The third kappa shape index (κ3) is 3.68. The molecular formula is C19H26FN3O2. The molecule has 0 spiro atoms. The van der Waals surface area contributed by atoms with Crippen LogP contribution < -0.4 is 4.90 Å². The number of rotatable bonds is 2. The number of carbonyl (C=O) groups is 2. The summed E-state index contributed by atoms with van der Waals surface area (Å²) in [5.74, 6) is -0.978. The van der Waals surface area contributed by atoms with Crippen molar-refractivity contribution < 1.29 is 14.0 Å². The van der Waals surface area contributed by atoms with Gasteiger partial charge in [0, 0.05) is 44.7 Å². The number of anilines is 1. The molecule has 0 N–H and O–H groups in total. The van der Waals surface area contributed by atoms with Gasteiger partial charge in [-0.3, -0.25) is 14.5 Å². The maximum absolute atomic E-state index is 14.0. The van der Waals surface area contributed by atoms with Gasteiger partial charge in [0.05, 0.1) is 11.6 Å². The van der Waals surface area contributed by atoms with Crippen molar-refractivity contribution in [1.82, 2.24) is 9.80 Å². The first kappa shape index (κ1) is 17.9. The van der Waals surface area contributed by atoms with Crippen LogP contribution in [-0.4, -0.2) is 59.9 Å². The Morgan fingerprint density at radius 1 is 1.12 bits per heavy atom. The third-order valence-electron chi connectivity index (χ3n) is 5.16. The molecule has 3 rings (SSSR count). The minimum absolute atomic E-state index is 0.0146. The number of benzene rings is 1. The number of hydrogen-bond donors (Lipinski definition) is 0. The first-order valence-corrected chi connectivity index (χ1v) is 8.86. The molecule has 1 aromatic rings. The van der Waals surface area contributed by atoms with Crippen molar-refractivity contribution in [2.45, 2.75) is 32.7 Å². The molecule has 0 saturated carbocycles. The van der Waals surface area contributed by atoms with Gasteiger partial charge in [-0.1, -0.05) is 12.1 Å². The monoisotopic (exact) mass is 347 g/mol. The third-order valence-corrected chi connectivity index (χ3v) is 5.16. The second kappa shape index (κ2) is 6.75. The molecule has 2 saturated heterocycles. The van der Waals surface area contributed by atoms with E-state index in [2.05, 4.69) is 25.7 Å². The van der Waals surface area contributed by atoms with Crippen LogP contribution in [-0.2, 0) is 9.59 Å². The Kier molecular flexibility index (Phi) is 4.82. The van der Waals surface area contributed by atoms with Crippen LogP contribution in [0.15, 0.2) is 24.3 Å². The molecule has 25 heavy (non-hydrogen) atoms. The molecule has 2 amide bonds. The molecule has 2 aliphatic rings. The van der Waals surface area contributed by atoms with Crippen molar-refractivity contribution in [2.24, 2.45) is 5.92 Å². The van der Waals surface area contributed by atoms with Crippen LogP contribution in [0.4, 0.5) is 10.1 Å². The van der Waals surface area contributed by atoms with Gasteiger partial charge < -0.3 is 9.80 Å². The molecule has 1 aromatic carbocycles. The lowest BCUT2D eigenvalue weighted by molar-refractivity contribution is -0.138. The van der Waals surface area contributed by atoms with E-state index in [9.17, 15) is 14.0 Å². The first-order valence-electron chi connectivity index (χ1n) is 8.86. The van der Waals surface area contributed by atoms with Crippen molar-refractivity contribution in [1.29, 1.82) is 0 Å². The van der Waals surface area contributed by atoms with Crippen LogP contribution in [0.3, 0.4) is 0 Å². The molecule has 1 unspecified atom stereocenters. The van der Waals surface area contributed by atoms with E-state index in [0.29, 0.717) is 13.1 Å². The maximum atomic E-state index is 14.0. The van der Waals surface area contributed by atoms with E-state index >= 15 is 0 Å². The fourth-order valence-electron chi connectivity index (χ4n) is 3.63. The Balaban J connectivity index is 1.63. The zero-order valence-electron chi connectivity index (χ0n) is 15.2. The summed E-state index contributed by atoms with van der Waals surface area (Å²) in [6.07, 6.45) is 0.159. The van der Waals surface area contributed by atoms with Crippen molar-refractivity contribution in [3.05, 3.63) is 30.1 Å². The Hall–Kier alpha value is -1.95. The van der Waals surface area contributed by atoms with Crippen molar-refractivity contribution in [3.8, 4) is 0 Å². The second-order valence-corrected chi connectivity index (χ2v) is 7.84. The summed E-state index contributed by atoms with van der Waals surface area (Å²) in [5.41, 5.74) is 0.362. The zero-order chi connectivity index (χ0) is 18.2. The Labute approximate surface area is 148 Å². The van der Waals surface area contributed by atoms with Gasteiger partial charge in [-0.2, -0.15) is 0 Å². The summed E-state index contributed by atoms with van der Waals surface area (Å²) in [4.78, 5) is 30.7. The summed E-state index contributed by atoms with van der Waals surface area (Å²) in [6.45, 7) is 9.82. The van der Waals surface area contributed by atoms with E-state index in [1.165, 1.54) is 11.0 Å². The van der Waals surface area contributed by atoms with Gasteiger partial charge in [0.2, 0.25) is 11.8 Å². The van der Waals surface area contributed by atoms with Gasteiger partial charge in [0.25, 0.3) is 0 Å². The average Bonchev–Trinajstić information content (AvgIpc) is 2.95. The van der Waals surface area contributed by atoms with E-state index in [1.54, 1.807) is 18.2 Å². The molecule has 0 radical (unpaired) electrons. The zero-order valence-corrected chi connectivity index (χ0v) is 15.2. The fourth-order valence-corrected chi connectivity index (χ4v) is 3.63. The number of piperazine rings is 1. The Bertz CT molecular complexity index is 663. The van der Waals surface area contributed by atoms with Crippen LogP contribution in [0.5, 0.6) is 0 Å². The minimum atomic E-state index is -0.428. The lowest BCUT2D eigenvalue weighted by Gasteiger charge is -2.42. The minimum Gasteiger partial charge on any atom is -0.340 e. The molecule has 2 aliphatic heterocycles. The number of nitrogens with zero attached hydrogens (tertiary/aromatic N) is 3. The number of para-hydroxylation sites is 1. The lowest BCUT2D eigenvalue weighted by Crippen LogP contribution is -2.55. The summed E-state index contributed by atoms with van der Waals surface area (Å²) in [7, 11) is 0. The predicted molar refractivity (Wildman–Crippen MR) is 94.8 cm³/mol. The van der Waals surface area contributed by atoms with Crippen LogP contribution in [0.25, 0.3) is 0 Å². The van der Waals surface area contributed by atoms with E-state index in [4.69, 9.17) is 0 Å². The summed E-state index contributed by atoms with van der Waals surface area (Å²) < 4.78 is 14.0. The highest BCUT2D eigenvalue weighted by molar-refractivity contribution is 6.00. The van der Waals surface area contributed by atoms with Gasteiger partial charge in [-0.05, 0) is 32.9 Å². The number of amides is 2. The smallest absolute Gasteiger partial charge is 0.228 e. The molecule has 136 valence electrons. The molecule has 0 aliphatic carbocycles. The largest absolute Gasteiger partial charge is 0.340 e. The Morgan fingerprint density at radius 2 is 1.76 bits per heavy atom. The topological polar surface area (TPSA) is 43.9 Å². The first-order chi connectivity index (χ1) is 11.8. The van der Waals surface area contributed by atoms with Crippen LogP contribution >= 0.6 is 0 Å². The normalized spacial score (nSPS) is 22.6. The maximum Gasteiger partial charge on any atom is 0.228 e. The van der Waals surface area contributed by atoms with Crippen molar-refractivity contribution in [3.63, 3.8) is 0 Å². The summed E-state index contributed by atoms with van der Waals surface area (Å²) in [5, 5.41) is 0. The predicted octanol–water partition coefficient (Wildman–Crippen LogP) is 2.12. The highest BCUT2D eigenvalue weighted by atomic mass is 19.1. The van der Waals surface area contributed by atoms with E-state index in [-0.39, 0.29) is 41.9 Å². The molecule has 5 nitrogen and oxygen atoms in total. The van der Waals surface area contributed by atoms with Gasteiger partial charge in [0.1, 0.15) is 5.82 Å². The molecule has 0 aromatic heterocycles. The van der Waals surface area contributed by atoms with Gasteiger partial charge in [-0.25, -0.2) is 4.39 Å². The quantitative estimate of drug-likeness (QED) is 0.823. The average molecular weight is 347 g/mol. The second-order valence-electron chi connectivity index (χ2n) is 7.84. The van der Waals surface area contributed by atoms with Crippen molar-refractivity contribution >= 4 is 17.5 Å². The standard InChI is InChI=1S/C19H26FN3O2/c1-19(2,3)22-10-8-21(9-11-22)18(25)14-12-17(24)23(13-14)16-7-5-4-6-15(16)20/h4-7,14H,8-13H2,1-3H3. The SMILES string of the molecule is CC(C)(C)N1CCN(C(=O)C2CC(=O)N(c3ccccc3F)C2)CC1. The molecular weight excluding hydrogens is 321 g/mol. The van der Waals surface area contributed by atoms with Crippen LogP contribution in [0.1, 0.15) is 27.2 Å². The van der Waals surface area contributed by atoms with E-state index < -0.39 is 5.82 Å². The molecule has 6 heteroatoms. The molecule has 2 heterocycles. The highest BCUT2D eigenvalue weighted by Crippen LogP contribution is 2.28. The van der Waals surface area contributed by atoms with Gasteiger partial charge >= 0.3 is 0 Å². The van der Waals surface area contributed by atoms with Crippen molar-refractivity contribution in [2.75, 3.05) is 37.6 Å². The number of halogens is 1. The number of hydrogen-bond acceptors (Lipinski definition) is 3. The molecule has 1 atom stereocenters. The Morgan fingerprint density at radius 3 is 2.36 bits per heavy atom. The highest BCUT2D eigenvalue weighted by Gasteiger charge is 2.39. The van der Waals surface area contributed by atoms with E-state index in [0.717, 1.165) is 13.1 Å². The molecule has 2 fully saturated rings.